The van der Waals surface area contributed by atoms with Crippen molar-refractivity contribution in [1.82, 2.24) is 9.21 Å². The van der Waals surface area contributed by atoms with Gasteiger partial charge in [-0.05, 0) is 36.1 Å². The van der Waals surface area contributed by atoms with E-state index < -0.39 is 15.8 Å². The van der Waals surface area contributed by atoms with Crippen molar-refractivity contribution in [1.29, 1.82) is 0 Å². The Hall–Kier alpha value is -1.77. The highest BCUT2D eigenvalue weighted by molar-refractivity contribution is 7.91. The molecule has 3 rings (SSSR count). The summed E-state index contributed by atoms with van der Waals surface area (Å²) in [4.78, 5) is 14.1. The molecule has 0 aliphatic carbocycles. The average molecular weight is 368 g/mol. The van der Waals surface area contributed by atoms with Gasteiger partial charge in [0.15, 0.2) is 0 Å². The van der Waals surface area contributed by atoms with Crippen LogP contribution in [0.3, 0.4) is 0 Å². The second kappa shape index (κ2) is 7.00. The summed E-state index contributed by atoms with van der Waals surface area (Å²) in [7, 11) is -3.51. The molecular formula is C16H17FN2O3S2. The van der Waals surface area contributed by atoms with Gasteiger partial charge < -0.3 is 4.90 Å². The van der Waals surface area contributed by atoms with Gasteiger partial charge in [0, 0.05) is 31.7 Å². The number of nitrogens with zero attached hydrogens (tertiary/aromatic N) is 2. The van der Waals surface area contributed by atoms with E-state index in [0.717, 1.165) is 0 Å². The fourth-order valence-electron chi connectivity index (χ4n) is 2.68. The Morgan fingerprint density at radius 2 is 1.92 bits per heavy atom. The second-order valence-corrected chi connectivity index (χ2v) is 8.60. The van der Waals surface area contributed by atoms with E-state index in [-0.39, 0.29) is 18.0 Å². The van der Waals surface area contributed by atoms with Crippen LogP contribution in [0.2, 0.25) is 0 Å². The molecule has 0 radical (unpaired) electrons. The van der Waals surface area contributed by atoms with E-state index in [0.29, 0.717) is 30.3 Å². The van der Waals surface area contributed by atoms with Crippen LogP contribution in [0.15, 0.2) is 46.0 Å². The first-order valence-electron chi connectivity index (χ1n) is 7.57. The third kappa shape index (κ3) is 3.50. The van der Waals surface area contributed by atoms with Crippen LogP contribution in [0.5, 0.6) is 0 Å². The van der Waals surface area contributed by atoms with Crippen LogP contribution in [0.1, 0.15) is 16.8 Å². The number of halogens is 1. The summed E-state index contributed by atoms with van der Waals surface area (Å²) in [6.07, 6.45) is 0.547. The Bertz CT molecular complexity index is 822. The molecule has 1 amide bonds. The van der Waals surface area contributed by atoms with Gasteiger partial charge in [-0.3, -0.25) is 4.79 Å². The fraction of sp³-hybridized carbons (Fsp3) is 0.312. The monoisotopic (exact) mass is 368 g/mol. The molecule has 128 valence electrons. The van der Waals surface area contributed by atoms with Crippen LogP contribution in [0.25, 0.3) is 0 Å². The maximum atomic E-state index is 13.3. The topological polar surface area (TPSA) is 57.7 Å². The zero-order valence-electron chi connectivity index (χ0n) is 12.9. The van der Waals surface area contributed by atoms with E-state index >= 15 is 0 Å². The lowest BCUT2D eigenvalue weighted by Gasteiger charge is -2.21. The van der Waals surface area contributed by atoms with E-state index in [1.165, 1.54) is 33.8 Å². The van der Waals surface area contributed by atoms with Gasteiger partial charge in [0.05, 0.1) is 0 Å². The summed E-state index contributed by atoms with van der Waals surface area (Å²) in [6, 6.07) is 8.84. The van der Waals surface area contributed by atoms with Gasteiger partial charge in [0.25, 0.3) is 15.9 Å². The molecule has 1 aliphatic rings. The minimum Gasteiger partial charge on any atom is -0.337 e. The molecule has 2 aromatic rings. The van der Waals surface area contributed by atoms with Crippen molar-refractivity contribution in [3.63, 3.8) is 0 Å². The fourth-order valence-corrected chi connectivity index (χ4v) is 5.29. The summed E-state index contributed by atoms with van der Waals surface area (Å²) in [5.74, 6) is -0.734. The van der Waals surface area contributed by atoms with Gasteiger partial charge in [-0.1, -0.05) is 12.1 Å². The van der Waals surface area contributed by atoms with Crippen molar-refractivity contribution in [3.8, 4) is 0 Å². The largest absolute Gasteiger partial charge is 0.337 e. The van der Waals surface area contributed by atoms with E-state index in [1.54, 1.807) is 28.5 Å². The van der Waals surface area contributed by atoms with Gasteiger partial charge in [0.1, 0.15) is 10.0 Å². The minimum atomic E-state index is -3.51. The van der Waals surface area contributed by atoms with Crippen molar-refractivity contribution in [3.05, 3.63) is 53.2 Å². The van der Waals surface area contributed by atoms with Crippen molar-refractivity contribution in [2.75, 3.05) is 26.2 Å². The van der Waals surface area contributed by atoms with Crippen molar-refractivity contribution in [2.24, 2.45) is 0 Å². The smallest absolute Gasteiger partial charge is 0.254 e. The number of benzene rings is 1. The highest BCUT2D eigenvalue weighted by atomic mass is 32.2. The first-order valence-corrected chi connectivity index (χ1v) is 9.89. The summed E-state index contributed by atoms with van der Waals surface area (Å²) in [6.45, 7) is 1.35. The van der Waals surface area contributed by atoms with Crippen LogP contribution < -0.4 is 0 Å². The summed E-state index contributed by atoms with van der Waals surface area (Å²) in [5.41, 5.74) is 0.282. The van der Waals surface area contributed by atoms with Gasteiger partial charge in [-0.15, -0.1) is 11.3 Å². The van der Waals surface area contributed by atoms with E-state index in [1.807, 2.05) is 0 Å². The first kappa shape index (κ1) is 17.1. The Kier molecular flexibility index (Phi) is 4.98. The number of hydrogen-bond donors (Lipinski definition) is 0. The molecule has 0 unspecified atom stereocenters. The predicted octanol–water partition coefficient (Wildman–Crippen LogP) is 2.42. The van der Waals surface area contributed by atoms with E-state index in [2.05, 4.69) is 0 Å². The maximum absolute atomic E-state index is 13.3. The summed E-state index contributed by atoms with van der Waals surface area (Å²) >= 11 is 1.18. The number of carbonyl (C=O) groups excluding carboxylic acids is 1. The molecule has 1 fully saturated rings. The quantitative estimate of drug-likeness (QED) is 0.836. The third-order valence-electron chi connectivity index (χ3n) is 3.90. The first-order chi connectivity index (χ1) is 11.5. The van der Waals surface area contributed by atoms with Crippen molar-refractivity contribution in [2.45, 2.75) is 10.6 Å². The summed E-state index contributed by atoms with van der Waals surface area (Å²) in [5, 5.41) is 1.73. The van der Waals surface area contributed by atoms with Gasteiger partial charge in [0.2, 0.25) is 0 Å². The molecule has 0 atom stereocenters. The molecule has 8 heteroatoms. The maximum Gasteiger partial charge on any atom is 0.254 e. The molecule has 5 nitrogen and oxygen atoms in total. The SMILES string of the molecule is O=C(c1cccc(F)c1)N1CCCN(S(=O)(=O)c2cccs2)CC1. The number of sulfonamides is 1. The van der Waals surface area contributed by atoms with Crippen LogP contribution in [0.4, 0.5) is 4.39 Å². The van der Waals surface area contributed by atoms with Crippen molar-refractivity contribution >= 4 is 27.3 Å². The number of hydrogen-bond acceptors (Lipinski definition) is 4. The number of rotatable bonds is 3. The molecule has 0 saturated carbocycles. The van der Waals surface area contributed by atoms with Gasteiger partial charge >= 0.3 is 0 Å². The zero-order valence-corrected chi connectivity index (χ0v) is 14.5. The standard InChI is InChI=1S/C16H17FN2O3S2/c17-14-5-1-4-13(12-14)16(20)18-7-3-8-19(10-9-18)24(21,22)15-6-2-11-23-15/h1-2,4-6,11-12H,3,7-10H2. The van der Waals surface area contributed by atoms with Gasteiger partial charge in [-0.25, -0.2) is 12.8 Å². The van der Waals surface area contributed by atoms with Crippen LogP contribution in [-0.2, 0) is 10.0 Å². The minimum absolute atomic E-state index is 0.237. The Morgan fingerprint density at radius 1 is 1.08 bits per heavy atom. The Balaban J connectivity index is 1.73. The molecule has 0 spiro atoms. The van der Waals surface area contributed by atoms with Gasteiger partial charge in [-0.2, -0.15) is 4.31 Å². The molecule has 2 heterocycles. The molecule has 1 saturated heterocycles. The lowest BCUT2D eigenvalue weighted by molar-refractivity contribution is 0.0763. The molecule has 1 aromatic carbocycles. The number of thiophene rings is 1. The molecule has 0 bridgehead atoms. The van der Waals surface area contributed by atoms with E-state index in [9.17, 15) is 17.6 Å². The van der Waals surface area contributed by atoms with Crippen LogP contribution in [0, 0.1) is 5.82 Å². The molecule has 24 heavy (non-hydrogen) atoms. The van der Waals surface area contributed by atoms with Crippen molar-refractivity contribution < 1.29 is 17.6 Å². The molecule has 0 N–H and O–H groups in total. The van der Waals surface area contributed by atoms with Crippen LogP contribution in [-0.4, -0.2) is 49.7 Å². The Labute approximate surface area is 144 Å². The highest BCUT2D eigenvalue weighted by Gasteiger charge is 2.29. The highest BCUT2D eigenvalue weighted by Crippen LogP contribution is 2.22. The molecule has 1 aromatic heterocycles. The number of carbonyl (C=O) groups is 1. The average Bonchev–Trinajstić information content (AvgIpc) is 2.99. The lowest BCUT2D eigenvalue weighted by atomic mass is 10.2. The zero-order chi connectivity index (χ0) is 17.2. The normalized spacial score (nSPS) is 16.8. The molecular weight excluding hydrogens is 351 g/mol. The van der Waals surface area contributed by atoms with Crippen LogP contribution >= 0.6 is 11.3 Å². The Morgan fingerprint density at radius 3 is 2.62 bits per heavy atom. The molecule has 1 aliphatic heterocycles. The second-order valence-electron chi connectivity index (χ2n) is 5.49. The predicted molar refractivity (Wildman–Crippen MR) is 90.0 cm³/mol. The summed E-state index contributed by atoms with van der Waals surface area (Å²) < 4.78 is 40.2. The number of amides is 1. The van der Waals surface area contributed by atoms with E-state index in [4.69, 9.17) is 0 Å². The lowest BCUT2D eigenvalue weighted by Crippen LogP contribution is -2.37. The third-order valence-corrected chi connectivity index (χ3v) is 7.17.